The van der Waals surface area contributed by atoms with Crippen molar-refractivity contribution < 1.29 is 9.72 Å². The van der Waals surface area contributed by atoms with E-state index in [0.717, 1.165) is 12.6 Å². The normalized spacial score (nSPS) is 11.8. The van der Waals surface area contributed by atoms with Gasteiger partial charge >= 0.3 is 0 Å². The van der Waals surface area contributed by atoms with Gasteiger partial charge in [-0.05, 0) is 12.7 Å². The molecule has 1 atom stereocenters. The fraction of sp³-hybridized carbons (Fsp3) is 0.500. The number of amides is 1. The van der Waals surface area contributed by atoms with Gasteiger partial charge in [-0.2, -0.15) is 11.8 Å². The molecular weight excluding hydrogens is 280 g/mol. The van der Waals surface area contributed by atoms with E-state index in [1.54, 1.807) is 18.8 Å². The van der Waals surface area contributed by atoms with E-state index in [9.17, 15) is 14.9 Å². The number of nitrogens with zero attached hydrogens (tertiary/aromatic N) is 2. The molecular formula is C12H18N4O3S. The van der Waals surface area contributed by atoms with Crippen LogP contribution in [-0.4, -0.2) is 40.9 Å². The Bertz CT molecular complexity index is 496. The minimum atomic E-state index is -0.570. The fourth-order valence-electron chi connectivity index (χ4n) is 1.53. The van der Waals surface area contributed by atoms with Crippen LogP contribution in [0.25, 0.3) is 0 Å². The summed E-state index contributed by atoms with van der Waals surface area (Å²) in [5.74, 6) is -0.0372. The van der Waals surface area contributed by atoms with Gasteiger partial charge in [-0.25, -0.2) is 4.98 Å². The van der Waals surface area contributed by atoms with Crippen LogP contribution in [0.4, 0.5) is 11.5 Å². The number of pyridine rings is 1. The van der Waals surface area contributed by atoms with Crippen molar-refractivity contribution in [1.82, 2.24) is 10.3 Å². The standard InChI is InChI=1S/C12H18N4O3S/c1-8(20-3)4-5-14-12(17)10-6-9(16(18)19)7-15-11(10)13-2/h6-8H,4-5H2,1-3H3,(H,13,15)(H,14,17). The number of hydrogen-bond donors (Lipinski definition) is 2. The largest absolute Gasteiger partial charge is 0.372 e. The van der Waals surface area contributed by atoms with Gasteiger partial charge in [0.15, 0.2) is 0 Å². The van der Waals surface area contributed by atoms with E-state index < -0.39 is 4.92 Å². The predicted octanol–water partition coefficient (Wildman–Crippen LogP) is 1.90. The molecule has 0 aliphatic heterocycles. The molecule has 8 heteroatoms. The minimum absolute atomic E-state index is 0.179. The van der Waals surface area contributed by atoms with Crippen molar-refractivity contribution in [2.24, 2.45) is 0 Å². The Morgan fingerprint density at radius 1 is 1.60 bits per heavy atom. The van der Waals surface area contributed by atoms with Gasteiger partial charge in [-0.1, -0.05) is 6.92 Å². The molecule has 0 bridgehead atoms. The summed E-state index contributed by atoms with van der Waals surface area (Å²) in [6, 6.07) is 1.23. The van der Waals surface area contributed by atoms with Crippen molar-refractivity contribution >= 4 is 29.2 Å². The highest BCUT2D eigenvalue weighted by Crippen LogP contribution is 2.18. The Balaban J connectivity index is 2.79. The Morgan fingerprint density at radius 3 is 2.85 bits per heavy atom. The molecule has 1 amide bonds. The summed E-state index contributed by atoms with van der Waals surface area (Å²) < 4.78 is 0. The van der Waals surface area contributed by atoms with Gasteiger partial charge in [0.1, 0.15) is 12.0 Å². The topological polar surface area (TPSA) is 97.2 Å². The third-order valence-electron chi connectivity index (χ3n) is 2.80. The zero-order valence-corrected chi connectivity index (χ0v) is 12.5. The maximum Gasteiger partial charge on any atom is 0.288 e. The first-order valence-electron chi connectivity index (χ1n) is 6.12. The van der Waals surface area contributed by atoms with Crippen molar-refractivity contribution in [2.75, 3.05) is 25.2 Å². The van der Waals surface area contributed by atoms with Crippen molar-refractivity contribution in [2.45, 2.75) is 18.6 Å². The Kier molecular flexibility index (Phi) is 6.23. The lowest BCUT2D eigenvalue weighted by Gasteiger charge is -2.11. The second-order valence-corrected chi connectivity index (χ2v) is 5.46. The first kappa shape index (κ1) is 16.2. The molecule has 0 aliphatic rings. The van der Waals surface area contributed by atoms with Crippen molar-refractivity contribution in [1.29, 1.82) is 0 Å². The number of anilines is 1. The quantitative estimate of drug-likeness (QED) is 0.589. The Labute approximate surface area is 121 Å². The maximum absolute atomic E-state index is 12.0. The number of carbonyl (C=O) groups is 1. The highest BCUT2D eigenvalue weighted by atomic mass is 32.2. The lowest BCUT2D eigenvalue weighted by atomic mass is 10.2. The molecule has 1 rings (SSSR count). The molecule has 1 aromatic rings. The van der Waals surface area contributed by atoms with Gasteiger partial charge in [-0.3, -0.25) is 14.9 Å². The highest BCUT2D eigenvalue weighted by molar-refractivity contribution is 7.99. The average Bonchev–Trinajstić information content (AvgIpc) is 2.45. The van der Waals surface area contributed by atoms with E-state index in [-0.39, 0.29) is 17.2 Å². The molecule has 2 N–H and O–H groups in total. The van der Waals surface area contributed by atoms with Gasteiger partial charge in [0, 0.05) is 24.9 Å². The monoisotopic (exact) mass is 298 g/mol. The number of rotatable bonds is 7. The Morgan fingerprint density at radius 2 is 2.30 bits per heavy atom. The third kappa shape index (κ3) is 4.37. The molecule has 110 valence electrons. The second kappa shape index (κ2) is 7.68. The number of aromatic nitrogens is 1. The summed E-state index contributed by atoms with van der Waals surface area (Å²) in [7, 11) is 1.61. The van der Waals surface area contributed by atoms with Crippen molar-refractivity contribution in [3.8, 4) is 0 Å². The smallest absolute Gasteiger partial charge is 0.288 e. The molecule has 0 aliphatic carbocycles. The fourth-order valence-corrected chi connectivity index (χ4v) is 1.88. The zero-order chi connectivity index (χ0) is 15.1. The van der Waals surface area contributed by atoms with E-state index >= 15 is 0 Å². The van der Waals surface area contributed by atoms with Gasteiger partial charge in [0.2, 0.25) is 0 Å². The molecule has 0 spiro atoms. The van der Waals surface area contributed by atoms with Crippen LogP contribution in [0.1, 0.15) is 23.7 Å². The van der Waals surface area contributed by atoms with Crippen LogP contribution < -0.4 is 10.6 Å². The number of hydrogen-bond acceptors (Lipinski definition) is 6. The summed E-state index contributed by atoms with van der Waals surface area (Å²) in [5, 5.41) is 16.7. The third-order valence-corrected chi connectivity index (χ3v) is 3.84. The Hall–Kier alpha value is -1.83. The van der Waals surface area contributed by atoms with Gasteiger partial charge in [0.25, 0.3) is 11.6 Å². The molecule has 1 unspecified atom stereocenters. The first-order chi connectivity index (χ1) is 9.49. The lowest BCUT2D eigenvalue weighted by molar-refractivity contribution is -0.385. The predicted molar refractivity (Wildman–Crippen MR) is 80.4 cm³/mol. The SMILES string of the molecule is CNc1ncc([N+](=O)[O-])cc1C(=O)NCCC(C)SC. The minimum Gasteiger partial charge on any atom is -0.372 e. The van der Waals surface area contributed by atoms with Crippen molar-refractivity contribution in [3.05, 3.63) is 27.9 Å². The summed E-state index contributed by atoms with van der Waals surface area (Å²) in [6.45, 7) is 2.59. The summed E-state index contributed by atoms with van der Waals surface area (Å²) >= 11 is 1.72. The molecule has 0 saturated heterocycles. The molecule has 1 aromatic heterocycles. The highest BCUT2D eigenvalue weighted by Gasteiger charge is 2.17. The van der Waals surface area contributed by atoms with Crippen LogP contribution in [0, 0.1) is 10.1 Å². The van der Waals surface area contributed by atoms with E-state index in [0.29, 0.717) is 17.6 Å². The van der Waals surface area contributed by atoms with E-state index in [2.05, 4.69) is 22.5 Å². The van der Waals surface area contributed by atoms with Crippen LogP contribution >= 0.6 is 11.8 Å². The summed E-state index contributed by atoms with van der Waals surface area (Å²) in [4.78, 5) is 26.1. The summed E-state index contributed by atoms with van der Waals surface area (Å²) in [5.41, 5.74) is -0.0230. The van der Waals surface area contributed by atoms with E-state index in [4.69, 9.17) is 0 Å². The van der Waals surface area contributed by atoms with Gasteiger partial charge in [-0.15, -0.1) is 0 Å². The molecule has 1 heterocycles. The molecule has 0 fully saturated rings. The molecule has 0 saturated carbocycles. The number of nitro groups is 1. The maximum atomic E-state index is 12.0. The average molecular weight is 298 g/mol. The van der Waals surface area contributed by atoms with Gasteiger partial charge < -0.3 is 10.6 Å². The van der Waals surface area contributed by atoms with Crippen LogP contribution in [0.2, 0.25) is 0 Å². The molecule has 0 radical (unpaired) electrons. The number of nitrogens with one attached hydrogen (secondary N) is 2. The molecule has 0 aromatic carbocycles. The van der Waals surface area contributed by atoms with Gasteiger partial charge in [0.05, 0.1) is 10.5 Å². The van der Waals surface area contributed by atoms with Crippen molar-refractivity contribution in [3.63, 3.8) is 0 Å². The van der Waals surface area contributed by atoms with Crippen LogP contribution in [0.5, 0.6) is 0 Å². The zero-order valence-electron chi connectivity index (χ0n) is 11.7. The second-order valence-electron chi connectivity index (χ2n) is 4.19. The summed E-state index contributed by atoms with van der Waals surface area (Å²) in [6.07, 6.45) is 3.97. The molecule has 20 heavy (non-hydrogen) atoms. The lowest BCUT2D eigenvalue weighted by Crippen LogP contribution is -2.27. The van der Waals surface area contributed by atoms with Crippen LogP contribution in [-0.2, 0) is 0 Å². The van der Waals surface area contributed by atoms with E-state index in [1.807, 2.05) is 6.26 Å². The van der Waals surface area contributed by atoms with Crippen LogP contribution in [0.3, 0.4) is 0 Å². The molecule has 7 nitrogen and oxygen atoms in total. The first-order valence-corrected chi connectivity index (χ1v) is 7.41. The number of thioether (sulfide) groups is 1. The van der Waals surface area contributed by atoms with E-state index in [1.165, 1.54) is 6.07 Å². The number of carbonyl (C=O) groups excluding carboxylic acids is 1. The van der Waals surface area contributed by atoms with Crippen LogP contribution in [0.15, 0.2) is 12.3 Å².